The monoisotopic (exact) mass is 591 g/mol. The first-order valence-corrected chi connectivity index (χ1v) is 16.1. The summed E-state index contributed by atoms with van der Waals surface area (Å²) in [6, 6.07) is 54.6. The number of para-hydroxylation sites is 3. The molecule has 10 aromatic rings. The second-order valence-corrected chi connectivity index (χ2v) is 12.8. The minimum absolute atomic E-state index is 0.897. The van der Waals surface area contributed by atoms with Gasteiger partial charge in [-0.25, -0.2) is 0 Å². The Balaban J connectivity index is 1.27. The molecule has 0 atom stereocenters. The number of hydrogen-bond donors (Lipinski definition) is 0. The standard InChI is InChI=1S/C42H25NOS/c1-2-11-26(12-3-1)34-23-28(27-21-22-32-31-15-6-9-20-39(31)45-40(32)25-27)24-35-33-16-10-19-38(42(33)44-41(34)35)43-36-17-7-4-13-29(36)30-14-5-8-18-37(30)43/h1-25H. The summed E-state index contributed by atoms with van der Waals surface area (Å²) >= 11 is 1.86. The topological polar surface area (TPSA) is 18.1 Å². The minimum Gasteiger partial charge on any atom is -0.453 e. The van der Waals surface area contributed by atoms with Gasteiger partial charge in [0.25, 0.3) is 0 Å². The lowest BCUT2D eigenvalue weighted by Crippen LogP contribution is -1.93. The van der Waals surface area contributed by atoms with Crippen LogP contribution >= 0.6 is 11.3 Å². The van der Waals surface area contributed by atoms with Gasteiger partial charge in [-0.3, -0.25) is 0 Å². The maximum absolute atomic E-state index is 6.97. The van der Waals surface area contributed by atoms with Crippen LogP contribution in [0, 0.1) is 0 Å². The normalized spacial score (nSPS) is 12.0. The molecular weight excluding hydrogens is 567 g/mol. The molecule has 10 rings (SSSR count). The molecule has 0 saturated heterocycles. The highest BCUT2D eigenvalue weighted by molar-refractivity contribution is 7.25. The van der Waals surface area contributed by atoms with Crippen LogP contribution in [-0.4, -0.2) is 4.57 Å². The Bertz CT molecular complexity index is 2710. The molecule has 0 amide bonds. The van der Waals surface area contributed by atoms with E-state index in [4.69, 9.17) is 4.42 Å². The van der Waals surface area contributed by atoms with Gasteiger partial charge in [-0.05, 0) is 59.2 Å². The first-order chi connectivity index (χ1) is 22.3. The fraction of sp³-hybridized carbons (Fsp3) is 0. The van der Waals surface area contributed by atoms with Crippen molar-refractivity contribution in [3.05, 3.63) is 152 Å². The molecule has 0 spiro atoms. The molecule has 0 aliphatic rings. The van der Waals surface area contributed by atoms with Gasteiger partial charge in [0.2, 0.25) is 0 Å². The average molecular weight is 592 g/mol. The quantitative estimate of drug-likeness (QED) is 0.200. The Morgan fingerprint density at radius 1 is 0.400 bits per heavy atom. The zero-order valence-electron chi connectivity index (χ0n) is 24.2. The van der Waals surface area contributed by atoms with E-state index in [9.17, 15) is 0 Å². The summed E-state index contributed by atoms with van der Waals surface area (Å²) in [5.74, 6) is 0. The third-order valence-electron chi connectivity index (χ3n) is 9.20. The molecule has 45 heavy (non-hydrogen) atoms. The molecule has 0 bridgehead atoms. The molecule has 0 fully saturated rings. The Morgan fingerprint density at radius 3 is 1.87 bits per heavy atom. The number of fused-ring (bicyclic) bond motifs is 9. The highest BCUT2D eigenvalue weighted by atomic mass is 32.1. The van der Waals surface area contributed by atoms with Crippen LogP contribution in [0.3, 0.4) is 0 Å². The average Bonchev–Trinajstić information content (AvgIpc) is 3.77. The van der Waals surface area contributed by atoms with E-state index in [0.29, 0.717) is 0 Å². The highest BCUT2D eigenvalue weighted by Crippen LogP contribution is 2.44. The van der Waals surface area contributed by atoms with Gasteiger partial charge in [0.1, 0.15) is 5.58 Å². The molecule has 7 aromatic carbocycles. The second-order valence-electron chi connectivity index (χ2n) is 11.7. The van der Waals surface area contributed by atoms with Gasteiger partial charge in [-0.1, -0.05) is 109 Å². The fourth-order valence-corrected chi connectivity index (χ4v) is 8.29. The van der Waals surface area contributed by atoms with E-state index in [-0.39, 0.29) is 0 Å². The van der Waals surface area contributed by atoms with Gasteiger partial charge in [-0.2, -0.15) is 0 Å². The third kappa shape index (κ3) is 3.62. The molecule has 3 aromatic heterocycles. The van der Waals surface area contributed by atoms with Crippen LogP contribution < -0.4 is 0 Å². The van der Waals surface area contributed by atoms with E-state index < -0.39 is 0 Å². The molecule has 0 aliphatic carbocycles. The predicted molar refractivity (Wildman–Crippen MR) is 192 cm³/mol. The summed E-state index contributed by atoms with van der Waals surface area (Å²) in [7, 11) is 0. The van der Waals surface area contributed by atoms with E-state index >= 15 is 0 Å². The molecule has 0 saturated carbocycles. The van der Waals surface area contributed by atoms with E-state index in [2.05, 4.69) is 156 Å². The molecule has 210 valence electrons. The number of furan rings is 1. The van der Waals surface area contributed by atoms with Crippen molar-refractivity contribution in [2.45, 2.75) is 0 Å². The number of rotatable bonds is 3. The van der Waals surface area contributed by atoms with Crippen LogP contribution in [0.5, 0.6) is 0 Å². The van der Waals surface area contributed by atoms with Crippen LogP contribution in [0.25, 0.3) is 91.9 Å². The largest absolute Gasteiger partial charge is 0.453 e. The molecule has 0 unspecified atom stereocenters. The van der Waals surface area contributed by atoms with Crippen molar-refractivity contribution >= 4 is 75.3 Å². The summed E-state index contributed by atoms with van der Waals surface area (Å²) in [5, 5.41) is 7.36. The Morgan fingerprint density at radius 2 is 1.07 bits per heavy atom. The lowest BCUT2D eigenvalue weighted by Gasteiger charge is -2.08. The van der Waals surface area contributed by atoms with E-state index in [1.165, 1.54) is 53.1 Å². The number of nitrogens with zero attached hydrogens (tertiary/aromatic N) is 1. The first kappa shape index (κ1) is 24.8. The first-order valence-electron chi connectivity index (χ1n) is 15.3. The van der Waals surface area contributed by atoms with Crippen LogP contribution in [0.15, 0.2) is 156 Å². The summed E-state index contributed by atoms with van der Waals surface area (Å²) in [4.78, 5) is 0. The molecule has 0 aliphatic heterocycles. The molecular formula is C42H25NOS. The van der Waals surface area contributed by atoms with Crippen molar-refractivity contribution in [1.82, 2.24) is 4.57 Å². The fourth-order valence-electron chi connectivity index (χ4n) is 7.15. The van der Waals surface area contributed by atoms with E-state index in [1.54, 1.807) is 0 Å². The van der Waals surface area contributed by atoms with Gasteiger partial charge < -0.3 is 8.98 Å². The smallest absolute Gasteiger partial charge is 0.159 e. The van der Waals surface area contributed by atoms with Gasteiger partial charge in [0, 0.05) is 47.3 Å². The maximum Gasteiger partial charge on any atom is 0.159 e. The lowest BCUT2D eigenvalue weighted by molar-refractivity contribution is 0.667. The summed E-state index contributed by atoms with van der Waals surface area (Å²) in [5.41, 5.74) is 9.85. The second kappa shape index (κ2) is 9.43. The van der Waals surface area contributed by atoms with Crippen molar-refractivity contribution in [3.63, 3.8) is 0 Å². The molecule has 0 N–H and O–H groups in total. The van der Waals surface area contributed by atoms with Crippen molar-refractivity contribution in [1.29, 1.82) is 0 Å². The Hall–Kier alpha value is -5.64. The van der Waals surface area contributed by atoms with Crippen LogP contribution in [0.4, 0.5) is 0 Å². The highest BCUT2D eigenvalue weighted by Gasteiger charge is 2.20. The van der Waals surface area contributed by atoms with Crippen LogP contribution in [0.1, 0.15) is 0 Å². The minimum atomic E-state index is 0.897. The van der Waals surface area contributed by atoms with Gasteiger partial charge >= 0.3 is 0 Å². The van der Waals surface area contributed by atoms with E-state index in [0.717, 1.165) is 38.8 Å². The lowest BCUT2D eigenvalue weighted by atomic mass is 9.95. The zero-order valence-corrected chi connectivity index (χ0v) is 25.0. The number of benzene rings is 7. The maximum atomic E-state index is 6.97. The van der Waals surface area contributed by atoms with Crippen molar-refractivity contribution in [2.24, 2.45) is 0 Å². The zero-order chi connectivity index (χ0) is 29.5. The van der Waals surface area contributed by atoms with Gasteiger partial charge in [-0.15, -0.1) is 11.3 Å². The Labute approximate surface area is 263 Å². The number of aromatic nitrogens is 1. The van der Waals surface area contributed by atoms with Crippen LogP contribution in [-0.2, 0) is 0 Å². The Kier molecular flexibility index (Phi) is 5.19. The van der Waals surface area contributed by atoms with E-state index in [1.807, 2.05) is 11.3 Å². The number of hydrogen-bond acceptors (Lipinski definition) is 2. The summed E-state index contributed by atoms with van der Waals surface area (Å²) < 4.78 is 12.0. The third-order valence-corrected chi connectivity index (χ3v) is 10.3. The summed E-state index contributed by atoms with van der Waals surface area (Å²) in [6.45, 7) is 0. The van der Waals surface area contributed by atoms with Gasteiger partial charge in [0.05, 0.1) is 16.7 Å². The molecule has 3 heterocycles. The molecule has 3 heteroatoms. The SMILES string of the molecule is c1ccc(-c2cc(-c3ccc4c(c3)sc3ccccc34)cc3c2oc2c(-n4c5ccccc5c5ccccc54)cccc23)cc1. The van der Waals surface area contributed by atoms with Crippen LogP contribution in [0.2, 0.25) is 0 Å². The van der Waals surface area contributed by atoms with Gasteiger partial charge in [0.15, 0.2) is 5.58 Å². The predicted octanol–water partition coefficient (Wildman–Crippen LogP) is 12.4. The van der Waals surface area contributed by atoms with Crippen molar-refractivity contribution in [3.8, 4) is 27.9 Å². The number of thiophene rings is 1. The molecule has 0 radical (unpaired) electrons. The van der Waals surface area contributed by atoms with Crippen molar-refractivity contribution in [2.75, 3.05) is 0 Å². The van der Waals surface area contributed by atoms with Crippen molar-refractivity contribution < 1.29 is 4.42 Å². The summed E-state index contributed by atoms with van der Waals surface area (Å²) in [6.07, 6.45) is 0. The molecule has 2 nitrogen and oxygen atoms in total.